The average molecular weight is 366 g/mol. The quantitative estimate of drug-likeness (QED) is 0.387. The Balaban J connectivity index is 2.89. The van der Waals surface area contributed by atoms with E-state index in [-0.39, 0.29) is 29.9 Å². The van der Waals surface area contributed by atoms with Gasteiger partial charge >= 0.3 is 17.9 Å². The third-order valence-electron chi connectivity index (χ3n) is 3.87. The van der Waals surface area contributed by atoms with Crippen molar-refractivity contribution in [3.05, 3.63) is 36.5 Å². The maximum atomic E-state index is 12.0. The van der Waals surface area contributed by atoms with Gasteiger partial charge in [0.15, 0.2) is 6.10 Å². The Hall–Kier alpha value is -2.41. The van der Waals surface area contributed by atoms with Gasteiger partial charge < -0.3 is 18.9 Å². The standard InChI is InChI=1S/C19H26O7/c1-10(2)17(20)24-8-14-13(7)16(26-19(22)12(5)6)15(9-23-14)25-18(21)11(3)4/h13-16H,1,3,5,8-9H2,2,4,6-7H3/t13?,14?,15-,16+/m1/s1. The zero-order valence-corrected chi connectivity index (χ0v) is 15.7. The zero-order chi connectivity index (χ0) is 20.0. The molecule has 0 bridgehead atoms. The predicted octanol–water partition coefficient (Wildman–Crippen LogP) is 2.12. The van der Waals surface area contributed by atoms with E-state index in [9.17, 15) is 14.4 Å². The maximum Gasteiger partial charge on any atom is 0.333 e. The molecular weight excluding hydrogens is 340 g/mol. The normalized spacial score (nSPS) is 24.9. The van der Waals surface area contributed by atoms with Crippen molar-refractivity contribution in [2.45, 2.75) is 46.0 Å². The highest BCUT2D eigenvalue weighted by Crippen LogP contribution is 2.27. The predicted molar refractivity (Wildman–Crippen MR) is 94.1 cm³/mol. The molecule has 0 aromatic heterocycles. The first-order valence-corrected chi connectivity index (χ1v) is 8.21. The minimum absolute atomic E-state index is 0.00716. The fourth-order valence-electron chi connectivity index (χ4n) is 2.24. The van der Waals surface area contributed by atoms with Crippen LogP contribution in [-0.2, 0) is 33.3 Å². The maximum absolute atomic E-state index is 12.0. The Bertz CT molecular complexity index is 619. The fourth-order valence-corrected chi connectivity index (χ4v) is 2.24. The smallest absolute Gasteiger partial charge is 0.333 e. The van der Waals surface area contributed by atoms with Gasteiger partial charge in [-0.2, -0.15) is 0 Å². The van der Waals surface area contributed by atoms with Gasteiger partial charge in [-0.3, -0.25) is 0 Å². The van der Waals surface area contributed by atoms with Gasteiger partial charge in [-0.05, 0) is 20.8 Å². The van der Waals surface area contributed by atoms with Crippen LogP contribution in [0.1, 0.15) is 27.7 Å². The van der Waals surface area contributed by atoms with E-state index in [0.717, 1.165) is 0 Å². The number of carbonyl (C=O) groups excluding carboxylic acids is 3. The van der Waals surface area contributed by atoms with Crippen molar-refractivity contribution < 1.29 is 33.3 Å². The molecule has 7 nitrogen and oxygen atoms in total. The van der Waals surface area contributed by atoms with E-state index < -0.39 is 42.1 Å². The minimum atomic E-state index is -0.800. The van der Waals surface area contributed by atoms with Crippen molar-refractivity contribution in [2.24, 2.45) is 5.92 Å². The van der Waals surface area contributed by atoms with Crippen molar-refractivity contribution in [3.63, 3.8) is 0 Å². The van der Waals surface area contributed by atoms with Gasteiger partial charge in [0.2, 0.25) is 0 Å². The molecule has 0 spiro atoms. The summed E-state index contributed by atoms with van der Waals surface area (Å²) in [5.41, 5.74) is 0.714. The molecule has 1 saturated heterocycles. The molecule has 4 atom stereocenters. The summed E-state index contributed by atoms with van der Waals surface area (Å²) in [5, 5.41) is 0. The summed E-state index contributed by atoms with van der Waals surface area (Å²) in [6.45, 7) is 16.9. The van der Waals surface area contributed by atoms with E-state index >= 15 is 0 Å². The van der Waals surface area contributed by atoms with Crippen LogP contribution in [-0.4, -0.2) is 49.4 Å². The van der Waals surface area contributed by atoms with Crippen LogP contribution in [0.4, 0.5) is 0 Å². The summed E-state index contributed by atoms with van der Waals surface area (Å²) in [6, 6.07) is 0. The van der Waals surface area contributed by atoms with E-state index in [1.54, 1.807) is 6.92 Å². The largest absolute Gasteiger partial charge is 0.460 e. The van der Waals surface area contributed by atoms with Gasteiger partial charge in [0.05, 0.1) is 12.7 Å². The summed E-state index contributed by atoms with van der Waals surface area (Å²) in [7, 11) is 0. The number of ether oxygens (including phenoxy) is 4. The molecule has 144 valence electrons. The van der Waals surface area contributed by atoms with E-state index in [4.69, 9.17) is 18.9 Å². The molecule has 1 aliphatic heterocycles. The third-order valence-corrected chi connectivity index (χ3v) is 3.87. The van der Waals surface area contributed by atoms with Gasteiger partial charge in [-0.25, -0.2) is 14.4 Å². The molecule has 0 radical (unpaired) electrons. The Morgan fingerprint density at radius 3 is 1.92 bits per heavy atom. The molecule has 26 heavy (non-hydrogen) atoms. The summed E-state index contributed by atoms with van der Waals surface area (Å²) in [4.78, 5) is 35.4. The van der Waals surface area contributed by atoms with Crippen LogP contribution in [0.2, 0.25) is 0 Å². The second-order valence-corrected chi connectivity index (χ2v) is 6.48. The number of rotatable bonds is 7. The summed E-state index contributed by atoms with van der Waals surface area (Å²) in [5.74, 6) is -2.13. The highest BCUT2D eigenvalue weighted by atomic mass is 16.6. The van der Waals surface area contributed by atoms with E-state index in [1.807, 2.05) is 0 Å². The van der Waals surface area contributed by atoms with Crippen LogP contribution >= 0.6 is 0 Å². The molecule has 2 unspecified atom stereocenters. The first-order valence-electron chi connectivity index (χ1n) is 8.21. The van der Waals surface area contributed by atoms with E-state index in [1.165, 1.54) is 20.8 Å². The molecule has 1 rings (SSSR count). The average Bonchev–Trinajstić information content (AvgIpc) is 2.56. The molecule has 0 amide bonds. The van der Waals surface area contributed by atoms with Crippen LogP contribution in [0.5, 0.6) is 0 Å². The van der Waals surface area contributed by atoms with Crippen molar-refractivity contribution in [2.75, 3.05) is 13.2 Å². The molecule has 1 aliphatic rings. The summed E-state index contributed by atoms with van der Waals surface area (Å²) in [6.07, 6.45) is -2.10. The van der Waals surface area contributed by atoms with Crippen LogP contribution in [0.25, 0.3) is 0 Å². The van der Waals surface area contributed by atoms with Crippen LogP contribution in [0.15, 0.2) is 36.5 Å². The van der Waals surface area contributed by atoms with Crippen molar-refractivity contribution >= 4 is 17.9 Å². The Kier molecular flexibility index (Phi) is 7.76. The molecule has 1 heterocycles. The Labute approximate surface area is 153 Å². The van der Waals surface area contributed by atoms with Crippen LogP contribution in [0.3, 0.4) is 0 Å². The zero-order valence-electron chi connectivity index (χ0n) is 15.7. The molecule has 0 saturated carbocycles. The second-order valence-electron chi connectivity index (χ2n) is 6.48. The Morgan fingerprint density at radius 1 is 0.923 bits per heavy atom. The molecular formula is C19H26O7. The Morgan fingerprint density at radius 2 is 1.42 bits per heavy atom. The van der Waals surface area contributed by atoms with Gasteiger partial charge in [0, 0.05) is 22.6 Å². The third kappa shape index (κ3) is 5.84. The molecule has 0 aromatic rings. The first-order chi connectivity index (χ1) is 12.0. The topological polar surface area (TPSA) is 88.1 Å². The van der Waals surface area contributed by atoms with Gasteiger partial charge in [0.1, 0.15) is 12.7 Å². The summed E-state index contributed by atoms with van der Waals surface area (Å²) >= 11 is 0. The van der Waals surface area contributed by atoms with E-state index in [0.29, 0.717) is 0 Å². The number of carbonyl (C=O) groups is 3. The second kappa shape index (κ2) is 9.33. The number of hydrogen-bond donors (Lipinski definition) is 0. The molecule has 0 aliphatic carbocycles. The van der Waals surface area contributed by atoms with E-state index in [2.05, 4.69) is 19.7 Å². The highest BCUT2D eigenvalue weighted by molar-refractivity contribution is 5.88. The van der Waals surface area contributed by atoms with Gasteiger partial charge in [-0.15, -0.1) is 0 Å². The summed E-state index contributed by atoms with van der Waals surface area (Å²) < 4.78 is 21.6. The van der Waals surface area contributed by atoms with Gasteiger partial charge in [-0.1, -0.05) is 26.7 Å². The minimum Gasteiger partial charge on any atom is -0.460 e. The van der Waals surface area contributed by atoms with Crippen LogP contribution < -0.4 is 0 Å². The number of hydrogen-bond acceptors (Lipinski definition) is 7. The number of esters is 3. The fraction of sp³-hybridized carbons (Fsp3) is 0.526. The molecule has 1 fully saturated rings. The van der Waals surface area contributed by atoms with Crippen LogP contribution in [0, 0.1) is 5.92 Å². The molecule has 7 heteroatoms. The lowest BCUT2D eigenvalue weighted by molar-refractivity contribution is -0.204. The SMILES string of the molecule is C=C(C)C(=O)OCC1OC[C@@H](OC(=O)C(=C)C)[C@@H](OC(=O)C(=C)C)C1C. The van der Waals surface area contributed by atoms with Gasteiger partial charge in [0.25, 0.3) is 0 Å². The van der Waals surface area contributed by atoms with Crippen molar-refractivity contribution in [1.82, 2.24) is 0 Å². The lowest BCUT2D eigenvalue weighted by Crippen LogP contribution is -2.53. The lowest BCUT2D eigenvalue weighted by atomic mass is 9.91. The lowest BCUT2D eigenvalue weighted by Gasteiger charge is -2.39. The van der Waals surface area contributed by atoms with Crippen molar-refractivity contribution in [3.8, 4) is 0 Å². The molecule has 0 aromatic carbocycles. The first kappa shape index (κ1) is 21.6. The highest BCUT2D eigenvalue weighted by Gasteiger charge is 2.43. The molecule has 0 N–H and O–H groups in total. The van der Waals surface area contributed by atoms with Crippen molar-refractivity contribution in [1.29, 1.82) is 0 Å². The monoisotopic (exact) mass is 366 g/mol.